The summed E-state index contributed by atoms with van der Waals surface area (Å²) in [5.41, 5.74) is 3.82. The maximum absolute atomic E-state index is 13.0. The summed E-state index contributed by atoms with van der Waals surface area (Å²) in [5.74, 6) is 0.861. The van der Waals surface area contributed by atoms with E-state index in [2.05, 4.69) is 20.4 Å². The van der Waals surface area contributed by atoms with Gasteiger partial charge in [-0.05, 0) is 42.8 Å². The highest BCUT2D eigenvalue weighted by Crippen LogP contribution is 2.23. The van der Waals surface area contributed by atoms with Crippen molar-refractivity contribution in [1.82, 2.24) is 24.1 Å². The number of carbonyl (C=O) groups excluding carboxylic acids is 1. The second-order valence-electron chi connectivity index (χ2n) is 7.93. The Balaban J connectivity index is 1.23. The van der Waals surface area contributed by atoms with E-state index < -0.39 is 0 Å². The molecule has 0 aliphatic carbocycles. The topological polar surface area (TPSA) is 95.6 Å². The van der Waals surface area contributed by atoms with E-state index in [1.165, 1.54) is 6.33 Å². The number of aryl methyl sites for hydroxylation is 1. The molecule has 0 saturated heterocycles. The third-order valence-electron chi connectivity index (χ3n) is 5.38. The number of nitrogens with zero attached hydrogens (tertiary/aromatic N) is 5. The number of anilines is 1. The summed E-state index contributed by atoms with van der Waals surface area (Å²) in [4.78, 5) is 21.6. The van der Waals surface area contributed by atoms with Gasteiger partial charge in [0.05, 0.1) is 17.8 Å². The van der Waals surface area contributed by atoms with Crippen LogP contribution in [0.3, 0.4) is 0 Å². The standard InChI is InChI=1S/C26H24N6O3/c1-19-6-5-11-31-15-21(29-25(19)31)16-35-24-10-3-2-9-23(24)26(33)30-20-7-4-8-22(14-20)34-13-12-32-18-27-17-28-32/h2-11,14-15,17-18H,12-13,16H2,1H3,(H,30,33). The van der Waals surface area contributed by atoms with Crippen LogP contribution in [0.2, 0.25) is 0 Å². The summed E-state index contributed by atoms with van der Waals surface area (Å²) >= 11 is 0. The van der Waals surface area contributed by atoms with E-state index in [9.17, 15) is 4.79 Å². The normalized spacial score (nSPS) is 10.9. The third kappa shape index (κ3) is 5.30. The fourth-order valence-electron chi connectivity index (χ4n) is 3.67. The molecule has 3 aromatic heterocycles. The summed E-state index contributed by atoms with van der Waals surface area (Å²) in [6, 6.07) is 18.4. The molecule has 0 fully saturated rings. The molecule has 0 unspecified atom stereocenters. The minimum absolute atomic E-state index is 0.251. The largest absolute Gasteiger partial charge is 0.492 e. The van der Waals surface area contributed by atoms with Crippen molar-refractivity contribution in [2.45, 2.75) is 20.1 Å². The van der Waals surface area contributed by atoms with Crippen LogP contribution < -0.4 is 14.8 Å². The van der Waals surface area contributed by atoms with Gasteiger partial charge in [-0.2, -0.15) is 5.10 Å². The van der Waals surface area contributed by atoms with E-state index in [0.717, 1.165) is 16.9 Å². The molecule has 9 heteroatoms. The second kappa shape index (κ2) is 10.1. The fourth-order valence-corrected chi connectivity index (χ4v) is 3.67. The summed E-state index contributed by atoms with van der Waals surface area (Å²) in [6.07, 6.45) is 7.00. The molecule has 5 rings (SSSR count). The van der Waals surface area contributed by atoms with E-state index in [-0.39, 0.29) is 12.5 Å². The van der Waals surface area contributed by atoms with Gasteiger partial charge in [0.15, 0.2) is 0 Å². The van der Waals surface area contributed by atoms with E-state index >= 15 is 0 Å². The van der Waals surface area contributed by atoms with Gasteiger partial charge >= 0.3 is 0 Å². The van der Waals surface area contributed by atoms with Crippen LogP contribution in [0.5, 0.6) is 11.5 Å². The molecular formula is C26H24N6O3. The molecule has 0 radical (unpaired) electrons. The lowest BCUT2D eigenvalue weighted by Crippen LogP contribution is -2.14. The molecular weight excluding hydrogens is 444 g/mol. The van der Waals surface area contributed by atoms with Crippen LogP contribution in [0.1, 0.15) is 21.6 Å². The summed E-state index contributed by atoms with van der Waals surface area (Å²) < 4.78 is 15.4. The fraction of sp³-hybridized carbons (Fsp3) is 0.154. The van der Waals surface area contributed by atoms with Gasteiger partial charge in [0.2, 0.25) is 0 Å². The van der Waals surface area contributed by atoms with Crippen LogP contribution in [-0.2, 0) is 13.2 Å². The van der Waals surface area contributed by atoms with Crippen molar-refractivity contribution in [1.29, 1.82) is 0 Å². The maximum atomic E-state index is 13.0. The van der Waals surface area contributed by atoms with E-state index in [1.807, 2.05) is 60.1 Å². The molecule has 5 aromatic rings. The Morgan fingerprint density at radius 3 is 2.83 bits per heavy atom. The monoisotopic (exact) mass is 468 g/mol. The lowest BCUT2D eigenvalue weighted by atomic mass is 10.2. The number of para-hydroxylation sites is 1. The van der Waals surface area contributed by atoms with Crippen molar-refractivity contribution in [2.75, 3.05) is 11.9 Å². The lowest BCUT2D eigenvalue weighted by molar-refractivity contribution is 0.102. The van der Waals surface area contributed by atoms with E-state index in [1.54, 1.807) is 35.3 Å². The van der Waals surface area contributed by atoms with Crippen LogP contribution in [-0.4, -0.2) is 36.7 Å². The molecule has 0 atom stereocenters. The van der Waals surface area contributed by atoms with Crippen LogP contribution in [0, 0.1) is 6.92 Å². The van der Waals surface area contributed by atoms with E-state index in [0.29, 0.717) is 35.9 Å². The van der Waals surface area contributed by atoms with Gasteiger partial charge in [-0.25, -0.2) is 14.6 Å². The predicted octanol–water partition coefficient (Wildman–Crippen LogP) is 4.14. The molecule has 0 bridgehead atoms. The zero-order valence-corrected chi connectivity index (χ0v) is 19.2. The maximum Gasteiger partial charge on any atom is 0.259 e. The first-order chi connectivity index (χ1) is 17.2. The van der Waals surface area contributed by atoms with Gasteiger partial charge in [0.25, 0.3) is 5.91 Å². The Hall–Kier alpha value is -4.66. The molecule has 1 amide bonds. The molecule has 0 saturated carbocycles. The first-order valence-electron chi connectivity index (χ1n) is 11.2. The number of hydrogen-bond donors (Lipinski definition) is 1. The molecule has 3 heterocycles. The molecule has 0 aliphatic heterocycles. The molecule has 176 valence electrons. The number of fused-ring (bicyclic) bond motifs is 1. The minimum Gasteiger partial charge on any atom is -0.492 e. The van der Waals surface area contributed by atoms with Crippen LogP contribution in [0.15, 0.2) is 85.7 Å². The zero-order chi connectivity index (χ0) is 24.0. The van der Waals surface area contributed by atoms with Crippen molar-refractivity contribution in [3.8, 4) is 11.5 Å². The number of rotatable bonds is 9. The van der Waals surface area contributed by atoms with Crippen molar-refractivity contribution >= 4 is 17.2 Å². The predicted molar refractivity (Wildman–Crippen MR) is 131 cm³/mol. The molecule has 0 aliphatic rings. The molecule has 1 N–H and O–H groups in total. The summed E-state index contributed by atoms with van der Waals surface area (Å²) in [5, 5.41) is 6.97. The van der Waals surface area contributed by atoms with Crippen LogP contribution in [0.25, 0.3) is 5.65 Å². The number of amides is 1. The first-order valence-corrected chi connectivity index (χ1v) is 11.2. The molecule has 0 spiro atoms. The van der Waals surface area contributed by atoms with Crippen LogP contribution >= 0.6 is 0 Å². The Bertz CT molecular complexity index is 1440. The first kappa shape index (κ1) is 22.1. The average molecular weight is 469 g/mol. The summed E-state index contributed by atoms with van der Waals surface area (Å²) in [7, 11) is 0. The quantitative estimate of drug-likeness (QED) is 0.349. The highest BCUT2D eigenvalue weighted by atomic mass is 16.5. The zero-order valence-electron chi connectivity index (χ0n) is 19.2. The number of benzene rings is 2. The van der Waals surface area contributed by atoms with Crippen molar-refractivity contribution in [2.24, 2.45) is 0 Å². The second-order valence-corrected chi connectivity index (χ2v) is 7.93. The lowest BCUT2D eigenvalue weighted by Gasteiger charge is -2.12. The Kier molecular flexibility index (Phi) is 6.38. The minimum atomic E-state index is -0.272. The summed E-state index contributed by atoms with van der Waals surface area (Å²) in [6.45, 7) is 3.28. The third-order valence-corrected chi connectivity index (χ3v) is 5.38. The van der Waals surface area contributed by atoms with Crippen LogP contribution in [0.4, 0.5) is 5.69 Å². The Morgan fingerprint density at radius 2 is 1.97 bits per heavy atom. The van der Waals surface area contributed by atoms with Gasteiger partial charge in [-0.3, -0.25) is 4.79 Å². The van der Waals surface area contributed by atoms with Gasteiger partial charge in [0.1, 0.15) is 43.0 Å². The number of pyridine rings is 1. The smallest absolute Gasteiger partial charge is 0.259 e. The number of aromatic nitrogens is 5. The number of carbonyl (C=O) groups is 1. The average Bonchev–Trinajstić information content (AvgIpc) is 3.54. The molecule has 35 heavy (non-hydrogen) atoms. The number of hydrogen-bond acceptors (Lipinski definition) is 6. The molecule has 9 nitrogen and oxygen atoms in total. The van der Waals surface area contributed by atoms with Crippen molar-refractivity contribution < 1.29 is 14.3 Å². The SMILES string of the molecule is Cc1cccn2cc(COc3ccccc3C(=O)Nc3cccc(OCCn4cncn4)c3)nc12. The highest BCUT2D eigenvalue weighted by Gasteiger charge is 2.14. The Morgan fingerprint density at radius 1 is 1.06 bits per heavy atom. The van der Waals surface area contributed by atoms with E-state index in [4.69, 9.17) is 9.47 Å². The Labute approximate surface area is 202 Å². The number of imidazole rings is 1. The number of nitrogens with one attached hydrogen (secondary N) is 1. The highest BCUT2D eigenvalue weighted by molar-refractivity contribution is 6.06. The van der Waals surface area contributed by atoms with Gasteiger partial charge in [0, 0.05) is 24.1 Å². The van der Waals surface area contributed by atoms with Gasteiger partial charge < -0.3 is 19.2 Å². The van der Waals surface area contributed by atoms with Crippen molar-refractivity contribution in [3.63, 3.8) is 0 Å². The van der Waals surface area contributed by atoms with Gasteiger partial charge in [-0.15, -0.1) is 0 Å². The van der Waals surface area contributed by atoms with Crippen molar-refractivity contribution in [3.05, 3.63) is 103 Å². The van der Waals surface area contributed by atoms with Gasteiger partial charge in [-0.1, -0.05) is 24.3 Å². The number of ether oxygens (including phenoxy) is 2. The molecule has 2 aromatic carbocycles.